The van der Waals surface area contributed by atoms with Crippen molar-refractivity contribution < 1.29 is 23.1 Å². The molecule has 1 N–H and O–H groups in total. The molecule has 1 heterocycles. The number of rotatable bonds is 5. The lowest BCUT2D eigenvalue weighted by Gasteiger charge is -2.29. The topological polar surface area (TPSA) is 95.0 Å². The van der Waals surface area contributed by atoms with E-state index in [9.17, 15) is 18.0 Å². The van der Waals surface area contributed by atoms with Gasteiger partial charge in [0.25, 0.3) is 5.91 Å². The molecule has 0 saturated carbocycles. The van der Waals surface area contributed by atoms with Gasteiger partial charge in [0, 0.05) is 31.7 Å². The second kappa shape index (κ2) is 7.53. The number of hydrogen-bond donors (Lipinski definition) is 1. The number of piperidine rings is 1. The van der Waals surface area contributed by atoms with E-state index in [-0.39, 0.29) is 23.4 Å². The summed E-state index contributed by atoms with van der Waals surface area (Å²) >= 11 is 0. The molecule has 1 aromatic carbocycles. The fourth-order valence-corrected chi connectivity index (χ4v) is 4.24. The summed E-state index contributed by atoms with van der Waals surface area (Å²) < 4.78 is 26.6. The molecule has 1 aromatic rings. The lowest BCUT2D eigenvalue weighted by molar-refractivity contribution is -0.142. The molecule has 0 spiro atoms. The molecule has 2 rings (SSSR count). The zero-order chi connectivity index (χ0) is 18.8. The van der Waals surface area contributed by atoms with Crippen LogP contribution in [0.15, 0.2) is 29.2 Å². The molecule has 1 amide bonds. The van der Waals surface area contributed by atoms with Gasteiger partial charge in [-0.3, -0.25) is 9.59 Å². The van der Waals surface area contributed by atoms with Crippen molar-refractivity contribution >= 4 is 21.9 Å². The predicted octanol–water partition coefficient (Wildman–Crippen LogP) is 1.65. The lowest BCUT2D eigenvalue weighted by Crippen LogP contribution is -2.42. The summed E-state index contributed by atoms with van der Waals surface area (Å²) in [6.45, 7) is 4.08. The van der Waals surface area contributed by atoms with E-state index < -0.39 is 21.9 Å². The van der Waals surface area contributed by atoms with Crippen LogP contribution in [0.4, 0.5) is 0 Å². The molecule has 0 aromatic heterocycles. The normalized spacial score (nSPS) is 19.0. The molecule has 1 unspecified atom stereocenters. The van der Waals surface area contributed by atoms with Gasteiger partial charge in [-0.15, -0.1) is 0 Å². The first-order valence-electron chi connectivity index (χ1n) is 8.24. The fourth-order valence-electron chi connectivity index (χ4n) is 2.72. The van der Waals surface area contributed by atoms with Gasteiger partial charge in [-0.1, -0.05) is 0 Å². The summed E-state index contributed by atoms with van der Waals surface area (Å²) in [6, 6.07) is 5.83. The molecule has 7 nitrogen and oxygen atoms in total. The van der Waals surface area contributed by atoms with Crippen molar-refractivity contribution in [1.29, 1.82) is 0 Å². The van der Waals surface area contributed by atoms with Crippen molar-refractivity contribution in [2.75, 3.05) is 20.1 Å². The molecule has 0 aliphatic carbocycles. The highest BCUT2D eigenvalue weighted by Crippen LogP contribution is 2.24. The molecule has 0 bridgehead atoms. The Hall–Kier alpha value is -1.93. The van der Waals surface area contributed by atoms with Gasteiger partial charge in [-0.25, -0.2) is 8.42 Å². The average Bonchev–Trinajstić information content (AvgIpc) is 2.60. The zero-order valence-electron chi connectivity index (χ0n) is 14.7. The number of hydrogen-bond acceptors (Lipinski definition) is 4. The Morgan fingerprint density at radius 2 is 1.84 bits per heavy atom. The van der Waals surface area contributed by atoms with E-state index in [4.69, 9.17) is 5.11 Å². The van der Waals surface area contributed by atoms with Crippen LogP contribution in [0, 0.1) is 5.92 Å². The maximum Gasteiger partial charge on any atom is 0.307 e. The largest absolute Gasteiger partial charge is 0.481 e. The van der Waals surface area contributed by atoms with E-state index >= 15 is 0 Å². The molecule has 1 aliphatic heterocycles. The third kappa shape index (κ3) is 4.19. The Balaban J connectivity index is 2.20. The second-order valence-corrected chi connectivity index (χ2v) is 8.51. The van der Waals surface area contributed by atoms with Gasteiger partial charge in [0.1, 0.15) is 0 Å². The third-order valence-electron chi connectivity index (χ3n) is 4.57. The molecule has 138 valence electrons. The summed E-state index contributed by atoms with van der Waals surface area (Å²) in [5.74, 6) is -1.83. The van der Waals surface area contributed by atoms with Crippen molar-refractivity contribution in [1.82, 2.24) is 9.21 Å². The maximum absolute atomic E-state index is 12.7. The molecule has 8 heteroatoms. The van der Waals surface area contributed by atoms with Gasteiger partial charge < -0.3 is 10.0 Å². The third-order valence-corrected chi connectivity index (χ3v) is 6.45. The first-order valence-corrected chi connectivity index (χ1v) is 9.68. The Bertz CT molecular complexity index is 743. The van der Waals surface area contributed by atoms with Crippen molar-refractivity contribution in [3.63, 3.8) is 0 Å². The summed E-state index contributed by atoms with van der Waals surface area (Å²) in [7, 11) is -2.07. The number of carbonyl (C=O) groups excluding carboxylic acids is 1. The van der Waals surface area contributed by atoms with Crippen LogP contribution in [0.3, 0.4) is 0 Å². The second-order valence-electron chi connectivity index (χ2n) is 6.57. The van der Waals surface area contributed by atoms with Crippen molar-refractivity contribution in [3.05, 3.63) is 29.8 Å². The standard InChI is InChI=1S/C17H24N2O5S/c1-12(2)18(3)16(20)13-6-8-15(9-7-13)25(23,24)19-10-4-5-14(11-19)17(21)22/h6-9,12,14H,4-5,10-11H2,1-3H3,(H,21,22). The molecule has 1 aliphatic rings. The Kier molecular flexibility index (Phi) is 5.84. The first kappa shape index (κ1) is 19.4. The minimum absolute atomic E-state index is 0.0194. The first-order chi connectivity index (χ1) is 11.6. The number of amides is 1. The summed E-state index contributed by atoms with van der Waals surface area (Å²) in [6.07, 6.45) is 1.00. The van der Waals surface area contributed by atoms with E-state index in [0.29, 0.717) is 24.9 Å². The highest BCUT2D eigenvalue weighted by atomic mass is 32.2. The Morgan fingerprint density at radius 3 is 2.36 bits per heavy atom. The predicted molar refractivity (Wildman–Crippen MR) is 92.8 cm³/mol. The van der Waals surface area contributed by atoms with Crippen molar-refractivity contribution in [2.45, 2.75) is 37.6 Å². The van der Waals surface area contributed by atoms with Crippen LogP contribution < -0.4 is 0 Å². The van der Waals surface area contributed by atoms with E-state index in [0.717, 1.165) is 0 Å². The lowest BCUT2D eigenvalue weighted by atomic mass is 10.0. The minimum Gasteiger partial charge on any atom is -0.481 e. The minimum atomic E-state index is -3.76. The number of carboxylic acids is 1. The highest BCUT2D eigenvalue weighted by Gasteiger charge is 2.33. The SMILES string of the molecule is CC(C)N(C)C(=O)c1ccc(S(=O)(=O)N2CCCC(C(=O)O)C2)cc1. The smallest absolute Gasteiger partial charge is 0.307 e. The number of aliphatic carboxylic acids is 1. The molecular weight excluding hydrogens is 344 g/mol. The Morgan fingerprint density at radius 1 is 1.24 bits per heavy atom. The monoisotopic (exact) mass is 368 g/mol. The van der Waals surface area contributed by atoms with E-state index in [1.165, 1.54) is 28.6 Å². The van der Waals surface area contributed by atoms with E-state index in [1.807, 2.05) is 13.8 Å². The quantitative estimate of drug-likeness (QED) is 0.853. The van der Waals surface area contributed by atoms with Crippen LogP contribution in [0.5, 0.6) is 0 Å². The van der Waals surface area contributed by atoms with Gasteiger partial charge in [0.15, 0.2) is 0 Å². The number of sulfonamides is 1. The molecule has 0 radical (unpaired) electrons. The van der Waals surface area contributed by atoms with E-state index in [1.54, 1.807) is 11.9 Å². The fraction of sp³-hybridized carbons (Fsp3) is 0.529. The zero-order valence-corrected chi connectivity index (χ0v) is 15.5. The number of benzene rings is 1. The van der Waals surface area contributed by atoms with Crippen LogP contribution in [-0.4, -0.2) is 60.8 Å². The average molecular weight is 368 g/mol. The van der Waals surface area contributed by atoms with Crippen LogP contribution in [0.1, 0.15) is 37.0 Å². The molecule has 1 fully saturated rings. The van der Waals surface area contributed by atoms with Crippen LogP contribution in [0.25, 0.3) is 0 Å². The molecular formula is C17H24N2O5S. The van der Waals surface area contributed by atoms with Gasteiger partial charge in [0.05, 0.1) is 10.8 Å². The number of carbonyl (C=O) groups is 2. The summed E-state index contributed by atoms with van der Waals surface area (Å²) in [5.41, 5.74) is 0.414. The van der Waals surface area contributed by atoms with Crippen LogP contribution >= 0.6 is 0 Å². The summed E-state index contributed by atoms with van der Waals surface area (Å²) in [4.78, 5) is 25.1. The van der Waals surface area contributed by atoms with E-state index in [2.05, 4.69) is 0 Å². The summed E-state index contributed by atoms with van der Waals surface area (Å²) in [5, 5.41) is 9.12. The van der Waals surface area contributed by atoms with Crippen molar-refractivity contribution in [3.8, 4) is 0 Å². The van der Waals surface area contributed by atoms with Gasteiger partial charge in [0.2, 0.25) is 10.0 Å². The number of carboxylic acid groups (broad SMARTS) is 1. The van der Waals surface area contributed by atoms with Gasteiger partial charge in [-0.05, 0) is 51.0 Å². The Labute approximate surface area is 148 Å². The number of nitrogens with zero attached hydrogens (tertiary/aromatic N) is 2. The van der Waals surface area contributed by atoms with Crippen molar-refractivity contribution in [2.24, 2.45) is 5.92 Å². The molecule has 25 heavy (non-hydrogen) atoms. The highest BCUT2D eigenvalue weighted by molar-refractivity contribution is 7.89. The maximum atomic E-state index is 12.7. The van der Waals surface area contributed by atoms with Gasteiger partial charge in [-0.2, -0.15) is 4.31 Å². The van der Waals surface area contributed by atoms with Crippen LogP contribution in [0.2, 0.25) is 0 Å². The van der Waals surface area contributed by atoms with Crippen LogP contribution in [-0.2, 0) is 14.8 Å². The molecule has 1 atom stereocenters. The molecule has 1 saturated heterocycles. The van der Waals surface area contributed by atoms with Gasteiger partial charge >= 0.3 is 5.97 Å².